The molecule has 0 aliphatic carbocycles. The number of nitrogens with zero attached hydrogens (tertiary/aromatic N) is 2. The predicted molar refractivity (Wildman–Crippen MR) is 108 cm³/mol. The molecule has 0 spiro atoms. The number of anilines is 1. The zero-order valence-electron chi connectivity index (χ0n) is 15.6. The molecule has 0 bridgehead atoms. The van der Waals surface area contributed by atoms with Crippen LogP contribution in [-0.4, -0.2) is 22.6 Å². The van der Waals surface area contributed by atoms with Gasteiger partial charge in [-0.25, -0.2) is 4.98 Å². The topological polar surface area (TPSA) is 73.1 Å². The Balaban J connectivity index is 1.96. The van der Waals surface area contributed by atoms with E-state index in [2.05, 4.69) is 47.5 Å². The van der Waals surface area contributed by atoms with Gasteiger partial charge in [-0.15, -0.1) is 0 Å². The lowest BCUT2D eigenvalue weighted by molar-refractivity contribution is 0.272. The number of nitrogens with two attached hydrogens (primary N) is 1. The third-order valence-electron chi connectivity index (χ3n) is 4.52. The van der Waals surface area contributed by atoms with Crippen molar-refractivity contribution in [1.29, 1.82) is 0 Å². The molecule has 0 saturated heterocycles. The molecule has 0 amide bonds. The van der Waals surface area contributed by atoms with Crippen molar-refractivity contribution in [2.75, 3.05) is 12.3 Å². The van der Waals surface area contributed by atoms with E-state index in [9.17, 15) is 0 Å². The van der Waals surface area contributed by atoms with Gasteiger partial charge >= 0.3 is 0 Å². The van der Waals surface area contributed by atoms with E-state index in [1.165, 1.54) is 5.57 Å². The highest BCUT2D eigenvalue weighted by Crippen LogP contribution is 2.29. The van der Waals surface area contributed by atoms with Crippen LogP contribution in [-0.2, 0) is 4.74 Å². The van der Waals surface area contributed by atoms with Crippen LogP contribution in [0.15, 0.2) is 42.6 Å². The van der Waals surface area contributed by atoms with Crippen molar-refractivity contribution in [2.24, 2.45) is 0 Å². The monoisotopic (exact) mass is 350 g/mol. The SMILES string of the molecule is CCCC1C=C(C)C(c2cnc3c(/C=C/OCC)c(N)ncc3c2)=CN1. The van der Waals surface area contributed by atoms with E-state index in [-0.39, 0.29) is 0 Å². The summed E-state index contributed by atoms with van der Waals surface area (Å²) in [5, 5.41) is 4.43. The van der Waals surface area contributed by atoms with E-state index in [0.29, 0.717) is 18.5 Å². The van der Waals surface area contributed by atoms with Gasteiger partial charge in [-0.1, -0.05) is 19.4 Å². The van der Waals surface area contributed by atoms with Crippen LogP contribution >= 0.6 is 0 Å². The molecule has 3 heterocycles. The number of allylic oxidation sites excluding steroid dienone is 2. The molecular formula is C21H26N4O. The van der Waals surface area contributed by atoms with Crippen LogP contribution in [0.1, 0.15) is 44.7 Å². The van der Waals surface area contributed by atoms with Crippen LogP contribution in [0, 0.1) is 0 Å². The van der Waals surface area contributed by atoms with Crippen molar-refractivity contribution in [3.8, 4) is 0 Å². The molecule has 1 unspecified atom stereocenters. The second kappa shape index (κ2) is 8.04. The van der Waals surface area contributed by atoms with Gasteiger partial charge in [0.05, 0.1) is 18.4 Å². The first-order valence-electron chi connectivity index (χ1n) is 9.11. The van der Waals surface area contributed by atoms with Crippen LogP contribution in [0.2, 0.25) is 0 Å². The highest BCUT2D eigenvalue weighted by Gasteiger charge is 2.15. The molecule has 1 atom stereocenters. The van der Waals surface area contributed by atoms with Crippen molar-refractivity contribution < 1.29 is 4.74 Å². The second-order valence-corrected chi connectivity index (χ2v) is 6.45. The Morgan fingerprint density at radius 1 is 1.27 bits per heavy atom. The Bertz CT molecular complexity index is 883. The standard InChI is InChI=1S/C21H26N4O/c1-4-6-17-9-14(3)19(13-23-17)15-10-16-12-25-21(22)18(7-8-26-5-2)20(16)24-11-15/h7-13,17,23H,4-6H2,1-3H3,(H2,22,25)/b8-7+. The molecule has 5 nitrogen and oxygen atoms in total. The third kappa shape index (κ3) is 3.72. The summed E-state index contributed by atoms with van der Waals surface area (Å²) in [5.74, 6) is 0.450. The average Bonchev–Trinajstić information content (AvgIpc) is 2.64. The zero-order chi connectivity index (χ0) is 18.5. The van der Waals surface area contributed by atoms with Crippen molar-refractivity contribution >= 4 is 28.4 Å². The maximum atomic E-state index is 6.03. The number of fused-ring (bicyclic) bond motifs is 1. The molecule has 2 aromatic rings. The van der Waals surface area contributed by atoms with Crippen LogP contribution in [0.4, 0.5) is 5.82 Å². The average molecular weight is 350 g/mol. The van der Waals surface area contributed by atoms with Crippen LogP contribution in [0.5, 0.6) is 0 Å². The molecule has 5 heteroatoms. The van der Waals surface area contributed by atoms with Gasteiger partial charge < -0.3 is 15.8 Å². The highest BCUT2D eigenvalue weighted by molar-refractivity contribution is 5.93. The summed E-state index contributed by atoms with van der Waals surface area (Å²) in [4.78, 5) is 8.97. The number of aromatic nitrogens is 2. The van der Waals surface area contributed by atoms with Crippen LogP contribution < -0.4 is 11.1 Å². The van der Waals surface area contributed by atoms with Gasteiger partial charge in [0, 0.05) is 46.7 Å². The molecule has 0 aromatic carbocycles. The number of rotatable bonds is 6. The number of dihydropyridines is 1. The predicted octanol–water partition coefficient (Wildman–Crippen LogP) is 4.28. The molecule has 0 fully saturated rings. The largest absolute Gasteiger partial charge is 0.501 e. The molecule has 3 N–H and O–H groups in total. The number of nitrogen functional groups attached to an aromatic ring is 1. The summed E-state index contributed by atoms with van der Waals surface area (Å²) < 4.78 is 5.29. The Morgan fingerprint density at radius 2 is 2.12 bits per heavy atom. The summed E-state index contributed by atoms with van der Waals surface area (Å²) in [6.45, 7) is 6.90. The number of pyridine rings is 2. The summed E-state index contributed by atoms with van der Waals surface area (Å²) >= 11 is 0. The Kier molecular flexibility index (Phi) is 5.56. The minimum absolute atomic E-state index is 0.411. The molecule has 0 saturated carbocycles. The van der Waals surface area contributed by atoms with Gasteiger partial charge in [0.25, 0.3) is 0 Å². The minimum atomic E-state index is 0.411. The number of ether oxygens (including phenoxy) is 1. The lowest BCUT2D eigenvalue weighted by Crippen LogP contribution is -2.25. The fraction of sp³-hybridized carbons (Fsp3) is 0.333. The van der Waals surface area contributed by atoms with E-state index < -0.39 is 0 Å². The molecule has 136 valence electrons. The van der Waals surface area contributed by atoms with Gasteiger partial charge in [0.1, 0.15) is 5.82 Å². The number of hydrogen-bond donors (Lipinski definition) is 2. The molecular weight excluding hydrogens is 324 g/mol. The first-order chi connectivity index (χ1) is 12.6. The Morgan fingerprint density at radius 3 is 2.85 bits per heavy atom. The second-order valence-electron chi connectivity index (χ2n) is 6.45. The van der Waals surface area contributed by atoms with E-state index in [4.69, 9.17) is 10.5 Å². The molecule has 1 aliphatic rings. The minimum Gasteiger partial charge on any atom is -0.501 e. The fourth-order valence-electron chi connectivity index (χ4n) is 3.19. The molecule has 3 rings (SSSR count). The van der Waals surface area contributed by atoms with E-state index in [1.807, 2.05) is 19.2 Å². The zero-order valence-corrected chi connectivity index (χ0v) is 15.6. The number of hydrogen-bond acceptors (Lipinski definition) is 5. The maximum absolute atomic E-state index is 6.03. The van der Waals surface area contributed by atoms with Gasteiger partial charge in [0.15, 0.2) is 0 Å². The normalized spacial score (nSPS) is 17.1. The van der Waals surface area contributed by atoms with Crippen LogP contribution in [0.25, 0.3) is 22.6 Å². The molecule has 0 radical (unpaired) electrons. The Labute approximate surface area is 154 Å². The summed E-state index contributed by atoms with van der Waals surface area (Å²) in [5.41, 5.74) is 11.1. The quantitative estimate of drug-likeness (QED) is 0.761. The summed E-state index contributed by atoms with van der Waals surface area (Å²) in [6, 6.07) is 2.52. The summed E-state index contributed by atoms with van der Waals surface area (Å²) in [6.07, 6.45) is 13.8. The van der Waals surface area contributed by atoms with Gasteiger partial charge in [-0.2, -0.15) is 0 Å². The lowest BCUT2D eigenvalue weighted by atomic mass is 9.94. The molecule has 2 aromatic heterocycles. The summed E-state index contributed by atoms with van der Waals surface area (Å²) in [7, 11) is 0. The smallest absolute Gasteiger partial charge is 0.132 e. The Hall–Kier alpha value is -2.82. The van der Waals surface area contributed by atoms with Crippen molar-refractivity contribution in [3.05, 3.63) is 53.7 Å². The van der Waals surface area contributed by atoms with E-state index >= 15 is 0 Å². The first kappa shape index (κ1) is 18.0. The van der Waals surface area contributed by atoms with Crippen molar-refractivity contribution in [3.63, 3.8) is 0 Å². The van der Waals surface area contributed by atoms with E-state index in [0.717, 1.165) is 40.4 Å². The van der Waals surface area contributed by atoms with Gasteiger partial charge in [-0.05, 0) is 38.0 Å². The van der Waals surface area contributed by atoms with Crippen molar-refractivity contribution in [1.82, 2.24) is 15.3 Å². The van der Waals surface area contributed by atoms with E-state index in [1.54, 1.807) is 12.5 Å². The fourth-order valence-corrected chi connectivity index (χ4v) is 3.19. The first-order valence-corrected chi connectivity index (χ1v) is 9.11. The van der Waals surface area contributed by atoms with Gasteiger partial charge in [0.2, 0.25) is 0 Å². The van der Waals surface area contributed by atoms with Gasteiger partial charge in [-0.3, -0.25) is 4.98 Å². The third-order valence-corrected chi connectivity index (χ3v) is 4.52. The molecule has 1 aliphatic heterocycles. The molecule has 26 heavy (non-hydrogen) atoms. The highest BCUT2D eigenvalue weighted by atomic mass is 16.5. The van der Waals surface area contributed by atoms with Crippen molar-refractivity contribution in [2.45, 2.75) is 39.7 Å². The lowest BCUT2D eigenvalue weighted by Gasteiger charge is -2.22. The van der Waals surface area contributed by atoms with Crippen LogP contribution in [0.3, 0.4) is 0 Å². The maximum Gasteiger partial charge on any atom is 0.132 e. The number of nitrogens with one attached hydrogen (secondary N) is 1.